The van der Waals surface area contributed by atoms with Crippen LogP contribution in [-0.4, -0.2) is 26.1 Å². The molecule has 1 atom stereocenters. The van der Waals surface area contributed by atoms with Gasteiger partial charge in [0.1, 0.15) is 12.4 Å². The summed E-state index contributed by atoms with van der Waals surface area (Å²) in [5.41, 5.74) is 0.991. The Morgan fingerprint density at radius 2 is 2.33 bits per heavy atom. The van der Waals surface area contributed by atoms with Crippen LogP contribution in [0.5, 0.6) is 5.75 Å². The summed E-state index contributed by atoms with van der Waals surface area (Å²) in [5, 5.41) is 0. The van der Waals surface area contributed by atoms with Crippen LogP contribution in [0.3, 0.4) is 0 Å². The molecule has 1 aromatic carbocycles. The molecule has 0 radical (unpaired) electrons. The largest absolute Gasteiger partial charge is 0.493 e. The third-order valence-corrected chi connectivity index (χ3v) is 2.63. The van der Waals surface area contributed by atoms with Crippen LogP contribution in [0.2, 0.25) is 0 Å². The summed E-state index contributed by atoms with van der Waals surface area (Å²) in [6.45, 7) is 0.788. The van der Waals surface area contributed by atoms with Crippen LogP contribution in [-0.2, 0) is 9.53 Å². The number of para-hydroxylation sites is 1. The van der Waals surface area contributed by atoms with E-state index in [1.165, 1.54) is 0 Å². The minimum absolute atomic E-state index is 0.0603. The zero-order valence-corrected chi connectivity index (χ0v) is 8.73. The molecule has 0 aromatic heterocycles. The fraction of sp³-hybridized carbons (Fsp3) is 0.417. The molecule has 0 fully saturated rings. The lowest BCUT2D eigenvalue weighted by molar-refractivity contribution is -0.124. The first kappa shape index (κ1) is 10.2. The smallest absolute Gasteiger partial charge is 0.166 e. The number of benzene rings is 1. The molecule has 3 heteroatoms. The van der Waals surface area contributed by atoms with Gasteiger partial charge in [0.25, 0.3) is 0 Å². The number of Topliss-reactive ketones (excluding diaryl/α,β-unsaturated/α-hetero) is 1. The highest BCUT2D eigenvalue weighted by molar-refractivity contribution is 5.87. The van der Waals surface area contributed by atoms with Crippen molar-refractivity contribution in [2.24, 2.45) is 0 Å². The Labute approximate surface area is 89.0 Å². The van der Waals surface area contributed by atoms with Crippen molar-refractivity contribution < 1.29 is 14.3 Å². The number of hydrogen-bond acceptors (Lipinski definition) is 3. The van der Waals surface area contributed by atoms with Gasteiger partial charge in [-0.3, -0.25) is 4.79 Å². The standard InChI is InChI=1S/C12H14O3/c1-14-8-11(13)9-6-7-15-12-5-3-2-4-10(9)12/h2-5,9H,6-8H2,1H3. The fourth-order valence-electron chi connectivity index (χ4n) is 1.92. The van der Waals surface area contributed by atoms with Gasteiger partial charge in [-0.25, -0.2) is 0 Å². The first-order valence-electron chi connectivity index (χ1n) is 5.06. The molecule has 0 saturated heterocycles. The Morgan fingerprint density at radius 3 is 3.13 bits per heavy atom. The maximum Gasteiger partial charge on any atom is 0.166 e. The van der Waals surface area contributed by atoms with Gasteiger partial charge in [0, 0.05) is 12.7 Å². The van der Waals surface area contributed by atoms with Crippen molar-refractivity contribution in [1.82, 2.24) is 0 Å². The molecule has 0 spiro atoms. The number of fused-ring (bicyclic) bond motifs is 1. The van der Waals surface area contributed by atoms with Crippen LogP contribution in [0, 0.1) is 0 Å². The molecule has 1 aromatic rings. The first-order valence-corrected chi connectivity index (χ1v) is 5.06. The monoisotopic (exact) mass is 206 g/mol. The van der Waals surface area contributed by atoms with E-state index in [-0.39, 0.29) is 18.3 Å². The molecular formula is C12H14O3. The Hall–Kier alpha value is -1.35. The van der Waals surface area contributed by atoms with Crippen molar-refractivity contribution in [2.75, 3.05) is 20.3 Å². The van der Waals surface area contributed by atoms with E-state index >= 15 is 0 Å². The number of carbonyl (C=O) groups is 1. The summed E-state index contributed by atoms with van der Waals surface area (Å²) >= 11 is 0. The molecule has 15 heavy (non-hydrogen) atoms. The molecule has 0 amide bonds. The maximum absolute atomic E-state index is 11.8. The van der Waals surface area contributed by atoms with Crippen LogP contribution < -0.4 is 4.74 Å². The van der Waals surface area contributed by atoms with E-state index in [2.05, 4.69) is 0 Å². The van der Waals surface area contributed by atoms with Gasteiger partial charge in [-0.05, 0) is 12.5 Å². The second-order valence-electron chi connectivity index (χ2n) is 3.63. The molecule has 1 unspecified atom stereocenters. The second kappa shape index (κ2) is 4.45. The van der Waals surface area contributed by atoms with Gasteiger partial charge in [0.05, 0.1) is 12.5 Å². The van der Waals surface area contributed by atoms with Crippen LogP contribution >= 0.6 is 0 Å². The van der Waals surface area contributed by atoms with Gasteiger partial charge < -0.3 is 9.47 Å². The Kier molecular flexibility index (Phi) is 3.02. The average molecular weight is 206 g/mol. The number of hydrogen-bond donors (Lipinski definition) is 0. The lowest BCUT2D eigenvalue weighted by Gasteiger charge is -2.24. The van der Waals surface area contributed by atoms with Crippen molar-refractivity contribution in [3.63, 3.8) is 0 Å². The van der Waals surface area contributed by atoms with Gasteiger partial charge in [-0.15, -0.1) is 0 Å². The van der Waals surface area contributed by atoms with Crippen LogP contribution in [0.15, 0.2) is 24.3 Å². The number of ketones is 1. The highest BCUT2D eigenvalue weighted by Gasteiger charge is 2.26. The fourth-order valence-corrected chi connectivity index (χ4v) is 1.92. The molecule has 0 aliphatic carbocycles. The number of rotatable bonds is 3. The molecule has 3 nitrogen and oxygen atoms in total. The molecule has 1 heterocycles. The zero-order chi connectivity index (χ0) is 10.7. The second-order valence-corrected chi connectivity index (χ2v) is 3.63. The SMILES string of the molecule is COCC(=O)C1CCOc2ccccc21. The predicted octanol–water partition coefficient (Wildman–Crippen LogP) is 1.77. The van der Waals surface area contributed by atoms with Crippen LogP contribution in [0.1, 0.15) is 17.9 Å². The van der Waals surface area contributed by atoms with E-state index in [1.807, 2.05) is 24.3 Å². The van der Waals surface area contributed by atoms with Gasteiger partial charge in [-0.1, -0.05) is 18.2 Å². The summed E-state index contributed by atoms with van der Waals surface area (Å²) in [4.78, 5) is 11.8. The molecule has 1 aliphatic heterocycles. The Morgan fingerprint density at radius 1 is 1.53 bits per heavy atom. The highest BCUT2D eigenvalue weighted by Crippen LogP contribution is 2.33. The summed E-state index contributed by atoms with van der Waals surface area (Å²) in [6.07, 6.45) is 0.749. The van der Waals surface area contributed by atoms with E-state index in [0.29, 0.717) is 6.61 Å². The third-order valence-electron chi connectivity index (χ3n) is 2.63. The Bertz CT molecular complexity index is 360. The number of methoxy groups -OCH3 is 1. The van der Waals surface area contributed by atoms with Crippen molar-refractivity contribution >= 4 is 5.78 Å². The summed E-state index contributed by atoms with van der Waals surface area (Å²) < 4.78 is 10.4. The van der Waals surface area contributed by atoms with Crippen molar-refractivity contribution in [3.05, 3.63) is 29.8 Å². The molecule has 1 aliphatic rings. The maximum atomic E-state index is 11.8. The van der Waals surface area contributed by atoms with Crippen LogP contribution in [0.4, 0.5) is 0 Å². The molecule has 2 rings (SSSR count). The van der Waals surface area contributed by atoms with Crippen molar-refractivity contribution in [2.45, 2.75) is 12.3 Å². The zero-order valence-electron chi connectivity index (χ0n) is 8.73. The first-order chi connectivity index (χ1) is 7.33. The predicted molar refractivity (Wildman–Crippen MR) is 56.2 cm³/mol. The normalized spacial score (nSPS) is 19.1. The lowest BCUT2D eigenvalue weighted by atomic mass is 9.90. The minimum Gasteiger partial charge on any atom is -0.493 e. The van der Waals surface area contributed by atoms with E-state index in [9.17, 15) is 4.79 Å². The summed E-state index contributed by atoms with van der Waals surface area (Å²) in [7, 11) is 1.54. The highest BCUT2D eigenvalue weighted by atomic mass is 16.5. The molecule has 0 bridgehead atoms. The molecule has 0 N–H and O–H groups in total. The topological polar surface area (TPSA) is 35.5 Å². The summed E-state index contributed by atoms with van der Waals surface area (Å²) in [6, 6.07) is 7.71. The Balaban J connectivity index is 2.25. The van der Waals surface area contributed by atoms with Crippen molar-refractivity contribution in [3.8, 4) is 5.75 Å². The van der Waals surface area contributed by atoms with Crippen molar-refractivity contribution in [1.29, 1.82) is 0 Å². The van der Waals surface area contributed by atoms with Gasteiger partial charge >= 0.3 is 0 Å². The van der Waals surface area contributed by atoms with E-state index in [4.69, 9.17) is 9.47 Å². The average Bonchev–Trinajstić information content (AvgIpc) is 2.28. The third kappa shape index (κ3) is 2.02. The van der Waals surface area contributed by atoms with E-state index < -0.39 is 0 Å². The summed E-state index contributed by atoms with van der Waals surface area (Å²) in [5.74, 6) is 0.904. The molecular weight excluding hydrogens is 192 g/mol. The number of carbonyl (C=O) groups excluding carboxylic acids is 1. The quantitative estimate of drug-likeness (QED) is 0.756. The number of ether oxygens (including phenoxy) is 2. The molecule has 0 saturated carbocycles. The van der Waals surface area contributed by atoms with Gasteiger partial charge in [-0.2, -0.15) is 0 Å². The minimum atomic E-state index is -0.0603. The lowest BCUT2D eigenvalue weighted by Crippen LogP contribution is -2.24. The van der Waals surface area contributed by atoms with Crippen LogP contribution in [0.25, 0.3) is 0 Å². The van der Waals surface area contributed by atoms with Gasteiger partial charge in [0.2, 0.25) is 0 Å². The molecule has 80 valence electrons. The van der Waals surface area contributed by atoms with E-state index in [1.54, 1.807) is 7.11 Å². The van der Waals surface area contributed by atoms with Gasteiger partial charge in [0.15, 0.2) is 5.78 Å². The van der Waals surface area contributed by atoms with E-state index in [0.717, 1.165) is 17.7 Å².